The molecule has 0 bridgehead atoms. The van der Waals surface area contributed by atoms with E-state index in [0.29, 0.717) is 4.73 Å². The van der Waals surface area contributed by atoms with Gasteiger partial charge >= 0.3 is 0 Å². The van der Waals surface area contributed by atoms with E-state index < -0.39 is 0 Å². The lowest BCUT2D eigenvalue weighted by molar-refractivity contribution is 1.11. The molecule has 0 fully saturated rings. The Morgan fingerprint density at radius 1 is 1.07 bits per heavy atom. The van der Waals surface area contributed by atoms with Crippen LogP contribution >= 0.6 is 31.9 Å². The van der Waals surface area contributed by atoms with Crippen LogP contribution in [0.15, 0.2) is 39.8 Å². The maximum atomic E-state index is 4.10. The summed E-state index contributed by atoms with van der Waals surface area (Å²) in [5, 5.41) is 0. The van der Waals surface area contributed by atoms with Crippen LogP contribution in [0.4, 0.5) is 0 Å². The van der Waals surface area contributed by atoms with E-state index in [-0.39, 0.29) is 0 Å². The maximum Gasteiger partial charge on any atom is 0.196 e. The summed E-state index contributed by atoms with van der Waals surface area (Å²) in [4.78, 5) is 8.21. The molecule has 1 aromatic heterocycles. The predicted molar refractivity (Wildman–Crippen MR) is 67.6 cm³/mol. The molecule has 0 spiro atoms. The number of rotatable bonds is 1. The fraction of sp³-hybridized carbons (Fsp3) is 0.0909. The fourth-order valence-corrected chi connectivity index (χ4v) is 2.23. The van der Waals surface area contributed by atoms with Crippen molar-refractivity contribution in [1.29, 1.82) is 0 Å². The van der Waals surface area contributed by atoms with Crippen molar-refractivity contribution in [1.82, 2.24) is 9.97 Å². The van der Waals surface area contributed by atoms with E-state index in [9.17, 15) is 0 Å². The van der Waals surface area contributed by atoms with Crippen LogP contribution in [0.1, 0.15) is 5.56 Å². The molecule has 0 aliphatic rings. The highest BCUT2D eigenvalue weighted by Crippen LogP contribution is 2.28. The zero-order chi connectivity index (χ0) is 10.8. The Kier molecular flexibility index (Phi) is 3.17. The third-order valence-electron chi connectivity index (χ3n) is 2.06. The lowest BCUT2D eigenvalue weighted by Gasteiger charge is -2.04. The highest BCUT2D eigenvalue weighted by molar-refractivity contribution is 9.10. The van der Waals surface area contributed by atoms with Crippen molar-refractivity contribution in [2.45, 2.75) is 6.92 Å². The Hall–Kier alpha value is -0.740. The van der Waals surface area contributed by atoms with Gasteiger partial charge in [-0.15, -0.1) is 0 Å². The summed E-state index contributed by atoms with van der Waals surface area (Å²) >= 11 is 6.75. The van der Waals surface area contributed by atoms with Crippen molar-refractivity contribution < 1.29 is 0 Å². The van der Waals surface area contributed by atoms with Crippen molar-refractivity contribution in [3.63, 3.8) is 0 Å². The van der Waals surface area contributed by atoms with E-state index in [1.165, 1.54) is 5.56 Å². The Morgan fingerprint density at radius 2 is 1.73 bits per heavy atom. The van der Waals surface area contributed by atoms with Crippen LogP contribution < -0.4 is 0 Å². The van der Waals surface area contributed by atoms with Crippen LogP contribution in [-0.4, -0.2) is 9.97 Å². The molecule has 0 aliphatic heterocycles. The third-order valence-corrected chi connectivity index (χ3v) is 3.12. The van der Waals surface area contributed by atoms with Crippen LogP contribution in [-0.2, 0) is 0 Å². The summed E-state index contributed by atoms with van der Waals surface area (Å²) in [6.45, 7) is 2.06. The van der Waals surface area contributed by atoms with Crippen molar-refractivity contribution in [3.8, 4) is 11.1 Å². The average Bonchev–Trinajstić information content (AvgIpc) is 2.20. The molecule has 15 heavy (non-hydrogen) atoms. The van der Waals surface area contributed by atoms with Crippen LogP contribution in [0.25, 0.3) is 11.1 Å². The number of aromatic nitrogens is 2. The molecule has 2 rings (SSSR count). The summed E-state index contributed by atoms with van der Waals surface area (Å²) < 4.78 is 1.67. The molecule has 0 amide bonds. The number of hydrogen-bond donors (Lipinski definition) is 0. The van der Waals surface area contributed by atoms with E-state index in [0.717, 1.165) is 15.6 Å². The minimum absolute atomic E-state index is 0.606. The predicted octanol–water partition coefficient (Wildman–Crippen LogP) is 3.98. The number of hydrogen-bond acceptors (Lipinski definition) is 2. The first-order valence-electron chi connectivity index (χ1n) is 4.41. The molecule has 76 valence electrons. The van der Waals surface area contributed by atoms with Gasteiger partial charge in [-0.25, -0.2) is 9.97 Å². The monoisotopic (exact) mass is 326 g/mol. The first-order valence-corrected chi connectivity index (χ1v) is 5.99. The zero-order valence-corrected chi connectivity index (χ0v) is 11.2. The van der Waals surface area contributed by atoms with Gasteiger partial charge in [-0.05, 0) is 40.0 Å². The molecule has 2 aromatic rings. The Labute approximate surface area is 105 Å². The molecular formula is C11H8Br2N2. The molecular weight excluding hydrogens is 320 g/mol. The quantitative estimate of drug-likeness (QED) is 0.740. The van der Waals surface area contributed by atoms with Gasteiger partial charge in [0.1, 0.15) is 0 Å². The number of nitrogens with zero attached hydrogens (tertiary/aromatic N) is 2. The minimum Gasteiger partial charge on any atom is -0.230 e. The molecule has 0 saturated carbocycles. The second kappa shape index (κ2) is 4.41. The lowest BCUT2D eigenvalue weighted by Crippen LogP contribution is -1.86. The molecule has 0 aliphatic carbocycles. The SMILES string of the molecule is Cc1ccc(-c2cnc(Br)nc2)c(Br)c1. The average molecular weight is 328 g/mol. The van der Waals surface area contributed by atoms with Crippen molar-refractivity contribution in [2.75, 3.05) is 0 Å². The molecule has 1 aromatic carbocycles. The second-order valence-electron chi connectivity index (χ2n) is 3.22. The van der Waals surface area contributed by atoms with Gasteiger partial charge in [-0.1, -0.05) is 28.1 Å². The number of halogens is 2. The van der Waals surface area contributed by atoms with Gasteiger partial charge < -0.3 is 0 Å². The Balaban J connectivity index is 2.49. The largest absolute Gasteiger partial charge is 0.230 e. The smallest absolute Gasteiger partial charge is 0.196 e. The first kappa shape index (κ1) is 10.8. The van der Waals surface area contributed by atoms with Crippen molar-refractivity contribution in [2.24, 2.45) is 0 Å². The molecule has 0 radical (unpaired) electrons. The van der Waals surface area contributed by atoms with E-state index in [1.807, 2.05) is 0 Å². The van der Waals surface area contributed by atoms with E-state index in [1.54, 1.807) is 12.4 Å². The molecule has 0 atom stereocenters. The number of benzene rings is 1. The van der Waals surface area contributed by atoms with Gasteiger partial charge in [0.2, 0.25) is 0 Å². The molecule has 0 saturated heterocycles. The minimum atomic E-state index is 0.606. The first-order chi connectivity index (χ1) is 7.16. The normalized spacial score (nSPS) is 10.3. The lowest BCUT2D eigenvalue weighted by atomic mass is 10.1. The standard InChI is InChI=1S/C11H8Br2N2/c1-7-2-3-9(10(12)4-7)8-5-14-11(13)15-6-8/h2-6H,1H3. The maximum absolute atomic E-state index is 4.10. The van der Waals surface area contributed by atoms with Gasteiger partial charge in [-0.3, -0.25) is 0 Å². The highest BCUT2D eigenvalue weighted by Gasteiger charge is 2.03. The topological polar surface area (TPSA) is 25.8 Å². The van der Waals surface area contributed by atoms with Gasteiger partial charge in [0.25, 0.3) is 0 Å². The van der Waals surface area contributed by atoms with Crippen LogP contribution in [0.2, 0.25) is 0 Å². The van der Waals surface area contributed by atoms with Crippen LogP contribution in [0, 0.1) is 6.92 Å². The van der Waals surface area contributed by atoms with E-state index in [4.69, 9.17) is 0 Å². The van der Waals surface area contributed by atoms with Gasteiger partial charge in [0.15, 0.2) is 4.73 Å². The van der Waals surface area contributed by atoms with E-state index >= 15 is 0 Å². The molecule has 4 heteroatoms. The summed E-state index contributed by atoms with van der Waals surface area (Å²) in [5.41, 5.74) is 3.34. The molecule has 2 nitrogen and oxygen atoms in total. The second-order valence-corrected chi connectivity index (χ2v) is 4.79. The van der Waals surface area contributed by atoms with Gasteiger partial charge in [-0.2, -0.15) is 0 Å². The van der Waals surface area contributed by atoms with Gasteiger partial charge in [0.05, 0.1) is 0 Å². The summed E-state index contributed by atoms with van der Waals surface area (Å²) in [6.07, 6.45) is 3.60. The van der Waals surface area contributed by atoms with Crippen molar-refractivity contribution in [3.05, 3.63) is 45.4 Å². The summed E-state index contributed by atoms with van der Waals surface area (Å²) in [6, 6.07) is 6.21. The fourth-order valence-electron chi connectivity index (χ4n) is 1.31. The Morgan fingerprint density at radius 3 is 2.33 bits per heavy atom. The van der Waals surface area contributed by atoms with Gasteiger partial charge in [0, 0.05) is 22.4 Å². The van der Waals surface area contributed by atoms with Crippen LogP contribution in [0.5, 0.6) is 0 Å². The van der Waals surface area contributed by atoms with E-state index in [2.05, 4.69) is 67.0 Å². The van der Waals surface area contributed by atoms with Crippen molar-refractivity contribution >= 4 is 31.9 Å². The summed E-state index contributed by atoms with van der Waals surface area (Å²) in [5.74, 6) is 0. The number of aryl methyl sites for hydroxylation is 1. The third kappa shape index (κ3) is 2.44. The Bertz CT molecular complexity index is 480. The zero-order valence-electron chi connectivity index (χ0n) is 8.04. The van der Waals surface area contributed by atoms with Crippen LogP contribution in [0.3, 0.4) is 0 Å². The highest BCUT2D eigenvalue weighted by atomic mass is 79.9. The molecule has 1 heterocycles. The summed E-state index contributed by atoms with van der Waals surface area (Å²) in [7, 11) is 0. The molecule has 0 N–H and O–H groups in total. The molecule has 0 unspecified atom stereocenters.